The first-order valence-corrected chi connectivity index (χ1v) is 8.96. The first kappa shape index (κ1) is 17.0. The highest BCUT2D eigenvalue weighted by Gasteiger charge is 2.46. The predicted octanol–water partition coefficient (Wildman–Crippen LogP) is 1.45. The fraction of sp³-hybridized carbons (Fsp3) is 0.471. The average Bonchev–Trinajstić information content (AvgIpc) is 2.97. The number of halogens is 1. The third kappa shape index (κ3) is 3.31. The van der Waals surface area contributed by atoms with Gasteiger partial charge in [-0.1, -0.05) is 35.3 Å². The Bertz CT molecular complexity index is 679. The molecule has 2 fully saturated rings. The van der Waals surface area contributed by atoms with E-state index in [1.54, 1.807) is 23.1 Å². The van der Waals surface area contributed by atoms with E-state index in [-0.39, 0.29) is 23.8 Å². The summed E-state index contributed by atoms with van der Waals surface area (Å²) in [4.78, 5) is 38.7. The molecule has 2 aliphatic rings. The molecule has 128 valence electrons. The van der Waals surface area contributed by atoms with Crippen LogP contribution in [0.15, 0.2) is 28.7 Å². The Balaban J connectivity index is 1.67. The first-order chi connectivity index (χ1) is 11.5. The molecule has 2 N–H and O–H groups in total. The van der Waals surface area contributed by atoms with E-state index in [0.29, 0.717) is 24.9 Å². The number of rotatable bonds is 4. The molecular weight excluding hydrogens is 374 g/mol. The van der Waals surface area contributed by atoms with Gasteiger partial charge in [0, 0.05) is 22.6 Å². The van der Waals surface area contributed by atoms with Crippen LogP contribution in [0.2, 0.25) is 0 Å². The minimum absolute atomic E-state index is 0.0411. The van der Waals surface area contributed by atoms with Gasteiger partial charge in [-0.25, -0.2) is 0 Å². The van der Waals surface area contributed by atoms with Gasteiger partial charge in [-0.3, -0.25) is 14.4 Å². The van der Waals surface area contributed by atoms with Gasteiger partial charge in [0.2, 0.25) is 11.8 Å². The second-order valence-corrected chi connectivity index (χ2v) is 7.19. The molecule has 0 radical (unpaired) electrons. The standard InChI is InChI=1S/C17H20BrN3O3/c1-2-4-13-17(24)21-9-12(8-14(21)16(23)20-13)19-15(22)10-5-3-6-11(18)7-10/h3,5-7,12-14H,2,4,8-9H2,1H3,(H,19,22)(H,20,23)/t12-,13-,14-/m0/s1. The third-order valence-electron chi connectivity index (χ3n) is 4.50. The Morgan fingerprint density at radius 3 is 2.92 bits per heavy atom. The second kappa shape index (κ2) is 6.93. The summed E-state index contributed by atoms with van der Waals surface area (Å²) in [5, 5.41) is 5.74. The number of benzene rings is 1. The van der Waals surface area contributed by atoms with Gasteiger partial charge in [0.25, 0.3) is 5.91 Å². The molecule has 24 heavy (non-hydrogen) atoms. The molecule has 3 atom stereocenters. The van der Waals surface area contributed by atoms with Gasteiger partial charge in [0.05, 0.1) is 0 Å². The summed E-state index contributed by atoms with van der Waals surface area (Å²) in [5.74, 6) is -0.355. The van der Waals surface area contributed by atoms with Gasteiger partial charge >= 0.3 is 0 Å². The predicted molar refractivity (Wildman–Crippen MR) is 92.4 cm³/mol. The summed E-state index contributed by atoms with van der Waals surface area (Å²) in [5.41, 5.74) is 0.550. The molecule has 7 heteroatoms. The van der Waals surface area contributed by atoms with Crippen molar-refractivity contribution in [2.75, 3.05) is 6.54 Å². The molecule has 0 spiro atoms. The lowest BCUT2D eigenvalue weighted by molar-refractivity contribution is -0.147. The fourth-order valence-electron chi connectivity index (χ4n) is 3.35. The van der Waals surface area contributed by atoms with Crippen molar-refractivity contribution in [3.05, 3.63) is 34.3 Å². The maximum Gasteiger partial charge on any atom is 0.251 e. The van der Waals surface area contributed by atoms with Crippen LogP contribution in [0.4, 0.5) is 0 Å². The van der Waals surface area contributed by atoms with Crippen molar-refractivity contribution in [1.82, 2.24) is 15.5 Å². The number of nitrogens with zero attached hydrogens (tertiary/aromatic N) is 1. The van der Waals surface area contributed by atoms with Crippen LogP contribution in [0.3, 0.4) is 0 Å². The van der Waals surface area contributed by atoms with E-state index in [4.69, 9.17) is 0 Å². The van der Waals surface area contributed by atoms with Crippen LogP contribution in [-0.2, 0) is 9.59 Å². The largest absolute Gasteiger partial charge is 0.347 e. The molecule has 6 nitrogen and oxygen atoms in total. The smallest absolute Gasteiger partial charge is 0.251 e. The van der Waals surface area contributed by atoms with Gasteiger partial charge in [-0.15, -0.1) is 0 Å². The van der Waals surface area contributed by atoms with Crippen molar-refractivity contribution in [2.45, 2.75) is 44.3 Å². The summed E-state index contributed by atoms with van der Waals surface area (Å²) < 4.78 is 0.830. The van der Waals surface area contributed by atoms with Gasteiger partial charge in [0.15, 0.2) is 0 Å². The number of hydrogen-bond donors (Lipinski definition) is 2. The van der Waals surface area contributed by atoms with Crippen molar-refractivity contribution in [3.63, 3.8) is 0 Å². The maximum atomic E-state index is 12.5. The normalized spacial score (nSPS) is 26.1. The van der Waals surface area contributed by atoms with Crippen molar-refractivity contribution in [3.8, 4) is 0 Å². The van der Waals surface area contributed by atoms with E-state index in [0.717, 1.165) is 10.9 Å². The minimum Gasteiger partial charge on any atom is -0.347 e. The van der Waals surface area contributed by atoms with E-state index in [1.807, 2.05) is 13.0 Å². The molecule has 1 aromatic carbocycles. The average molecular weight is 394 g/mol. The van der Waals surface area contributed by atoms with Crippen LogP contribution in [-0.4, -0.2) is 47.3 Å². The number of carbonyl (C=O) groups excluding carboxylic acids is 3. The summed E-state index contributed by atoms with van der Waals surface area (Å²) in [6.07, 6.45) is 1.93. The zero-order valence-electron chi connectivity index (χ0n) is 13.4. The summed E-state index contributed by atoms with van der Waals surface area (Å²) in [6, 6.07) is 6.00. The minimum atomic E-state index is -0.474. The van der Waals surface area contributed by atoms with Crippen molar-refractivity contribution < 1.29 is 14.4 Å². The van der Waals surface area contributed by atoms with Crippen LogP contribution in [0.25, 0.3) is 0 Å². The number of hydrogen-bond acceptors (Lipinski definition) is 3. The van der Waals surface area contributed by atoms with Crippen molar-refractivity contribution in [2.24, 2.45) is 0 Å². The van der Waals surface area contributed by atoms with Crippen molar-refractivity contribution in [1.29, 1.82) is 0 Å². The lowest BCUT2D eigenvalue weighted by atomic mass is 10.0. The zero-order valence-corrected chi connectivity index (χ0v) is 15.0. The number of piperazine rings is 1. The Morgan fingerprint density at radius 2 is 2.21 bits per heavy atom. The molecule has 3 rings (SSSR count). The summed E-state index contributed by atoms with van der Waals surface area (Å²) in [7, 11) is 0. The van der Waals surface area contributed by atoms with E-state index in [2.05, 4.69) is 26.6 Å². The molecule has 2 aliphatic heterocycles. The van der Waals surface area contributed by atoms with Gasteiger partial charge < -0.3 is 15.5 Å². The molecule has 0 aromatic heterocycles. The van der Waals surface area contributed by atoms with Crippen LogP contribution in [0.5, 0.6) is 0 Å². The molecule has 2 heterocycles. The second-order valence-electron chi connectivity index (χ2n) is 6.27. The first-order valence-electron chi connectivity index (χ1n) is 8.17. The molecule has 1 aromatic rings. The quantitative estimate of drug-likeness (QED) is 0.812. The van der Waals surface area contributed by atoms with E-state index in [9.17, 15) is 14.4 Å². The SMILES string of the molecule is CCC[C@@H]1NC(=O)[C@@H]2C[C@H](NC(=O)c3cccc(Br)c3)CN2C1=O. The van der Waals surface area contributed by atoms with E-state index < -0.39 is 12.1 Å². The number of fused-ring (bicyclic) bond motifs is 1. The van der Waals surface area contributed by atoms with Gasteiger partial charge in [-0.05, 0) is 31.0 Å². The molecule has 3 amide bonds. The highest BCUT2D eigenvalue weighted by atomic mass is 79.9. The number of carbonyl (C=O) groups is 3. The lowest BCUT2D eigenvalue weighted by Crippen LogP contribution is -2.61. The lowest BCUT2D eigenvalue weighted by Gasteiger charge is -2.34. The number of amides is 3. The Morgan fingerprint density at radius 1 is 1.42 bits per heavy atom. The van der Waals surface area contributed by atoms with Crippen molar-refractivity contribution >= 4 is 33.7 Å². The van der Waals surface area contributed by atoms with Crippen LogP contribution >= 0.6 is 15.9 Å². The Labute approximate surface area is 149 Å². The maximum absolute atomic E-state index is 12.5. The van der Waals surface area contributed by atoms with E-state index in [1.165, 1.54) is 0 Å². The highest BCUT2D eigenvalue weighted by molar-refractivity contribution is 9.10. The summed E-state index contributed by atoms with van der Waals surface area (Å²) >= 11 is 3.34. The highest BCUT2D eigenvalue weighted by Crippen LogP contribution is 2.24. The molecule has 0 bridgehead atoms. The Hall–Kier alpha value is -1.89. The zero-order chi connectivity index (χ0) is 17.3. The van der Waals surface area contributed by atoms with Crippen LogP contribution in [0.1, 0.15) is 36.5 Å². The topological polar surface area (TPSA) is 78.5 Å². The van der Waals surface area contributed by atoms with E-state index >= 15 is 0 Å². The molecule has 0 saturated carbocycles. The van der Waals surface area contributed by atoms with Crippen LogP contribution in [0, 0.1) is 0 Å². The monoisotopic (exact) mass is 393 g/mol. The van der Waals surface area contributed by atoms with Gasteiger partial charge in [0.1, 0.15) is 12.1 Å². The molecule has 0 unspecified atom stereocenters. The van der Waals surface area contributed by atoms with Gasteiger partial charge in [-0.2, -0.15) is 0 Å². The molecular formula is C17H20BrN3O3. The fourth-order valence-corrected chi connectivity index (χ4v) is 3.74. The number of nitrogens with one attached hydrogen (secondary N) is 2. The molecule has 0 aliphatic carbocycles. The molecule has 2 saturated heterocycles. The third-order valence-corrected chi connectivity index (χ3v) is 4.99. The van der Waals surface area contributed by atoms with Crippen LogP contribution < -0.4 is 10.6 Å². The summed E-state index contributed by atoms with van der Waals surface area (Å²) in [6.45, 7) is 2.37. The Kier molecular flexibility index (Phi) is 4.89.